The van der Waals surface area contributed by atoms with Crippen LogP contribution in [-0.4, -0.2) is 33.4 Å². The normalized spacial score (nSPS) is 11.3. The minimum Gasteiger partial charge on any atom is -0.497 e. The number of nitrogens with zero attached hydrogens (tertiary/aromatic N) is 2. The van der Waals surface area contributed by atoms with Gasteiger partial charge in [0.2, 0.25) is 0 Å². The van der Waals surface area contributed by atoms with Crippen LogP contribution in [0, 0.1) is 11.3 Å². The van der Waals surface area contributed by atoms with Crippen LogP contribution in [-0.2, 0) is 16.8 Å². The van der Waals surface area contributed by atoms with Gasteiger partial charge in [0.05, 0.1) is 13.2 Å². The number of rotatable bonds is 7. The zero-order chi connectivity index (χ0) is 14.3. The highest BCUT2D eigenvalue weighted by Crippen LogP contribution is 2.12. The van der Waals surface area contributed by atoms with E-state index < -0.39 is 10.2 Å². The second-order valence-corrected chi connectivity index (χ2v) is 5.77. The van der Waals surface area contributed by atoms with E-state index in [0.717, 1.165) is 9.87 Å². The number of hydrogen-bond donors (Lipinski definition) is 1. The molecule has 0 fully saturated rings. The van der Waals surface area contributed by atoms with Crippen LogP contribution in [0.5, 0.6) is 5.75 Å². The predicted octanol–water partition coefficient (Wildman–Crippen LogP) is 0.875. The fraction of sp³-hybridized carbons (Fsp3) is 0.417. The number of nitriles is 1. The summed E-state index contributed by atoms with van der Waals surface area (Å²) in [6.45, 7) is 0.348. The summed E-state index contributed by atoms with van der Waals surface area (Å²) in [4.78, 5) is 0. The number of nitrogens with one attached hydrogen (secondary N) is 1. The zero-order valence-electron chi connectivity index (χ0n) is 11.0. The first-order valence-electron chi connectivity index (χ1n) is 5.70. The first-order chi connectivity index (χ1) is 8.99. The molecule has 1 aromatic carbocycles. The molecular formula is C12H17N3O3S. The third-order valence-corrected chi connectivity index (χ3v) is 4.05. The quantitative estimate of drug-likeness (QED) is 0.805. The molecule has 104 valence electrons. The van der Waals surface area contributed by atoms with E-state index in [2.05, 4.69) is 4.72 Å². The van der Waals surface area contributed by atoms with Crippen molar-refractivity contribution in [2.75, 3.05) is 20.7 Å². The highest BCUT2D eigenvalue weighted by molar-refractivity contribution is 7.87. The molecule has 19 heavy (non-hydrogen) atoms. The standard InChI is InChI=1S/C12H17N3O3S/c1-15(8-4-7-13)19(16,17)14-10-11-5-3-6-12(9-11)18-2/h3,5-6,9,14H,4,8,10H2,1-2H3. The van der Waals surface area contributed by atoms with Crippen LogP contribution in [0.4, 0.5) is 0 Å². The Bertz CT molecular complexity index is 552. The zero-order valence-corrected chi connectivity index (χ0v) is 11.8. The lowest BCUT2D eigenvalue weighted by molar-refractivity contribution is 0.414. The topological polar surface area (TPSA) is 82.4 Å². The number of methoxy groups -OCH3 is 1. The van der Waals surface area contributed by atoms with Gasteiger partial charge in [-0.25, -0.2) is 0 Å². The van der Waals surface area contributed by atoms with Gasteiger partial charge in [-0.2, -0.15) is 22.7 Å². The third-order valence-electron chi connectivity index (χ3n) is 2.54. The van der Waals surface area contributed by atoms with Crippen LogP contribution >= 0.6 is 0 Å². The van der Waals surface area contributed by atoms with Gasteiger partial charge in [0.25, 0.3) is 10.2 Å². The second kappa shape index (κ2) is 7.09. The summed E-state index contributed by atoms with van der Waals surface area (Å²) < 4.78 is 32.3. The molecule has 0 aliphatic rings. The molecule has 0 bridgehead atoms. The Labute approximate surface area is 113 Å². The molecule has 0 saturated heterocycles. The number of benzene rings is 1. The predicted molar refractivity (Wildman–Crippen MR) is 71.6 cm³/mol. The first kappa shape index (κ1) is 15.4. The van der Waals surface area contributed by atoms with Gasteiger partial charge >= 0.3 is 0 Å². The highest BCUT2D eigenvalue weighted by Gasteiger charge is 2.16. The average Bonchev–Trinajstić information content (AvgIpc) is 2.42. The van der Waals surface area contributed by atoms with Gasteiger partial charge < -0.3 is 4.74 Å². The van der Waals surface area contributed by atoms with Gasteiger partial charge in [0, 0.05) is 26.6 Å². The molecule has 0 aromatic heterocycles. The van der Waals surface area contributed by atoms with Gasteiger partial charge in [-0.05, 0) is 17.7 Å². The molecule has 0 aliphatic carbocycles. The minimum atomic E-state index is -3.56. The van der Waals surface area contributed by atoms with E-state index >= 15 is 0 Å². The molecule has 0 spiro atoms. The van der Waals surface area contributed by atoms with E-state index in [4.69, 9.17) is 10.00 Å². The third kappa shape index (κ3) is 4.87. The van der Waals surface area contributed by atoms with Crippen molar-refractivity contribution in [3.8, 4) is 11.8 Å². The monoisotopic (exact) mass is 283 g/mol. The van der Waals surface area contributed by atoms with E-state index in [1.807, 2.05) is 6.07 Å². The summed E-state index contributed by atoms with van der Waals surface area (Å²) in [5.74, 6) is 0.675. The maximum atomic E-state index is 11.8. The Morgan fingerprint density at radius 2 is 2.21 bits per heavy atom. The van der Waals surface area contributed by atoms with E-state index in [1.165, 1.54) is 7.05 Å². The summed E-state index contributed by atoms with van der Waals surface area (Å²) in [6.07, 6.45) is 0.163. The van der Waals surface area contributed by atoms with E-state index in [1.54, 1.807) is 31.4 Å². The van der Waals surface area contributed by atoms with Crippen molar-refractivity contribution in [1.29, 1.82) is 5.26 Å². The van der Waals surface area contributed by atoms with Crippen LogP contribution in [0.25, 0.3) is 0 Å². The van der Waals surface area contributed by atoms with Gasteiger partial charge in [0.1, 0.15) is 5.75 Å². The Morgan fingerprint density at radius 1 is 1.47 bits per heavy atom. The Hall–Kier alpha value is -1.62. The fourth-order valence-corrected chi connectivity index (χ4v) is 2.30. The molecule has 1 N–H and O–H groups in total. The summed E-state index contributed by atoms with van der Waals surface area (Å²) in [5, 5.41) is 8.44. The maximum absolute atomic E-state index is 11.8. The molecule has 0 aliphatic heterocycles. The van der Waals surface area contributed by atoms with Crippen molar-refractivity contribution in [2.24, 2.45) is 0 Å². The van der Waals surface area contributed by atoms with Crippen molar-refractivity contribution in [2.45, 2.75) is 13.0 Å². The lowest BCUT2D eigenvalue weighted by Crippen LogP contribution is -2.38. The Kier molecular flexibility index (Phi) is 5.76. The molecule has 0 radical (unpaired) electrons. The summed E-state index contributed by atoms with van der Waals surface area (Å²) >= 11 is 0. The second-order valence-electron chi connectivity index (χ2n) is 3.91. The van der Waals surface area contributed by atoms with Gasteiger partial charge in [-0.3, -0.25) is 0 Å². The number of ether oxygens (including phenoxy) is 1. The van der Waals surface area contributed by atoms with Gasteiger partial charge in [0.15, 0.2) is 0 Å². The van der Waals surface area contributed by atoms with Gasteiger partial charge in [-0.15, -0.1) is 0 Å². The summed E-state index contributed by atoms with van der Waals surface area (Å²) in [6, 6.07) is 9.06. The van der Waals surface area contributed by atoms with Crippen LogP contribution in [0.1, 0.15) is 12.0 Å². The van der Waals surface area contributed by atoms with E-state index in [-0.39, 0.29) is 19.5 Å². The fourth-order valence-electron chi connectivity index (χ4n) is 1.39. The summed E-state index contributed by atoms with van der Waals surface area (Å²) in [7, 11) is -0.569. The molecule has 0 heterocycles. The highest BCUT2D eigenvalue weighted by atomic mass is 32.2. The molecule has 1 rings (SSSR count). The van der Waals surface area contributed by atoms with Crippen LogP contribution in [0.15, 0.2) is 24.3 Å². The first-order valence-corrected chi connectivity index (χ1v) is 7.14. The SMILES string of the molecule is COc1cccc(CNS(=O)(=O)N(C)CCC#N)c1. The van der Waals surface area contributed by atoms with Crippen molar-refractivity contribution in [3.05, 3.63) is 29.8 Å². The molecule has 1 aromatic rings. The van der Waals surface area contributed by atoms with E-state index in [0.29, 0.717) is 5.75 Å². The lowest BCUT2D eigenvalue weighted by atomic mass is 10.2. The van der Waals surface area contributed by atoms with Crippen LogP contribution < -0.4 is 9.46 Å². The molecule has 6 nitrogen and oxygen atoms in total. The Balaban J connectivity index is 2.62. The smallest absolute Gasteiger partial charge is 0.279 e. The number of hydrogen-bond acceptors (Lipinski definition) is 4. The molecule has 0 unspecified atom stereocenters. The molecular weight excluding hydrogens is 266 g/mol. The summed E-state index contributed by atoms with van der Waals surface area (Å²) in [5.41, 5.74) is 0.802. The van der Waals surface area contributed by atoms with Crippen molar-refractivity contribution in [3.63, 3.8) is 0 Å². The largest absolute Gasteiger partial charge is 0.497 e. The van der Waals surface area contributed by atoms with E-state index in [9.17, 15) is 8.42 Å². The lowest BCUT2D eigenvalue weighted by Gasteiger charge is -2.16. The molecule has 7 heteroatoms. The molecule has 0 amide bonds. The molecule has 0 saturated carbocycles. The van der Waals surface area contributed by atoms with Crippen molar-refractivity contribution in [1.82, 2.24) is 9.03 Å². The maximum Gasteiger partial charge on any atom is 0.279 e. The van der Waals surface area contributed by atoms with Crippen molar-refractivity contribution < 1.29 is 13.2 Å². The van der Waals surface area contributed by atoms with Crippen LogP contribution in [0.3, 0.4) is 0 Å². The van der Waals surface area contributed by atoms with Crippen molar-refractivity contribution >= 4 is 10.2 Å². The molecule has 0 atom stereocenters. The Morgan fingerprint density at radius 3 is 2.84 bits per heavy atom. The van der Waals surface area contributed by atoms with Gasteiger partial charge in [-0.1, -0.05) is 12.1 Å². The minimum absolute atomic E-state index is 0.163. The van der Waals surface area contributed by atoms with Crippen LogP contribution in [0.2, 0.25) is 0 Å². The average molecular weight is 283 g/mol.